The molecule has 2 aliphatic rings. The minimum Gasteiger partial charge on any atom is -0.352 e. The Morgan fingerprint density at radius 1 is 1.30 bits per heavy atom. The zero-order valence-corrected chi connectivity index (χ0v) is 13.4. The zero-order chi connectivity index (χ0) is 13.9. The second-order valence-corrected chi connectivity index (χ2v) is 7.22. The van der Waals surface area contributed by atoms with Gasteiger partial charge in [0.25, 0.3) is 5.91 Å². The molecule has 0 spiro atoms. The highest BCUT2D eigenvalue weighted by molar-refractivity contribution is 9.09. The summed E-state index contributed by atoms with van der Waals surface area (Å²) in [5, 5.41) is 2.93. The highest BCUT2D eigenvalue weighted by atomic mass is 79.9. The Hall–Kier alpha value is -0.830. The van der Waals surface area contributed by atoms with Crippen molar-refractivity contribution in [1.29, 1.82) is 0 Å². The van der Waals surface area contributed by atoms with Crippen molar-refractivity contribution in [3.63, 3.8) is 0 Å². The monoisotopic (exact) mass is 335 g/mol. The summed E-state index contributed by atoms with van der Waals surface area (Å²) >= 11 is 3.81. The van der Waals surface area contributed by atoms with Crippen molar-refractivity contribution >= 4 is 21.8 Å². The average Bonchev–Trinajstić information content (AvgIpc) is 2.98. The number of carbonyl (C=O) groups excluding carboxylic acids is 1. The number of benzene rings is 1. The van der Waals surface area contributed by atoms with Crippen LogP contribution in [0.5, 0.6) is 0 Å². The predicted molar refractivity (Wildman–Crippen MR) is 85.3 cm³/mol. The third kappa shape index (κ3) is 3.08. The van der Waals surface area contributed by atoms with E-state index in [0.29, 0.717) is 4.83 Å². The van der Waals surface area contributed by atoms with Gasteiger partial charge < -0.3 is 5.32 Å². The molecule has 1 fully saturated rings. The molecule has 1 heterocycles. The molecule has 1 amide bonds. The van der Waals surface area contributed by atoms with Crippen LogP contribution in [-0.4, -0.2) is 12.5 Å². The SMILES string of the molecule is O=C1NCCc2ccc(C(Br)CCC3CCCC3)cc21. The maximum absolute atomic E-state index is 11.9. The molecule has 108 valence electrons. The van der Waals surface area contributed by atoms with Crippen LogP contribution in [0.4, 0.5) is 0 Å². The van der Waals surface area contributed by atoms with E-state index in [1.807, 2.05) is 0 Å². The van der Waals surface area contributed by atoms with Gasteiger partial charge in [0.2, 0.25) is 0 Å². The van der Waals surface area contributed by atoms with Crippen molar-refractivity contribution in [1.82, 2.24) is 5.32 Å². The van der Waals surface area contributed by atoms with Crippen LogP contribution >= 0.6 is 15.9 Å². The van der Waals surface area contributed by atoms with Crippen molar-refractivity contribution in [2.75, 3.05) is 6.54 Å². The topological polar surface area (TPSA) is 29.1 Å². The molecule has 0 saturated heterocycles. The van der Waals surface area contributed by atoms with Crippen molar-refractivity contribution in [3.8, 4) is 0 Å². The Balaban J connectivity index is 1.66. The second kappa shape index (κ2) is 6.30. The number of carbonyl (C=O) groups is 1. The fourth-order valence-corrected chi connectivity index (χ4v) is 4.02. The fourth-order valence-electron chi connectivity index (χ4n) is 3.47. The molecule has 3 rings (SSSR count). The largest absolute Gasteiger partial charge is 0.352 e. The van der Waals surface area contributed by atoms with Crippen molar-refractivity contribution < 1.29 is 4.79 Å². The summed E-state index contributed by atoms with van der Waals surface area (Å²) in [6, 6.07) is 6.40. The van der Waals surface area contributed by atoms with Gasteiger partial charge in [-0.2, -0.15) is 0 Å². The van der Waals surface area contributed by atoms with Crippen LogP contribution in [0, 0.1) is 5.92 Å². The molecule has 3 heteroatoms. The highest BCUT2D eigenvalue weighted by Crippen LogP contribution is 2.35. The van der Waals surface area contributed by atoms with Gasteiger partial charge in [-0.3, -0.25) is 4.79 Å². The Labute approximate surface area is 129 Å². The molecule has 1 aliphatic carbocycles. The van der Waals surface area contributed by atoms with Gasteiger partial charge in [-0.25, -0.2) is 0 Å². The zero-order valence-electron chi connectivity index (χ0n) is 11.8. The molecule has 1 aromatic carbocycles. The van der Waals surface area contributed by atoms with Crippen molar-refractivity contribution in [2.45, 2.75) is 49.8 Å². The van der Waals surface area contributed by atoms with Crippen molar-refractivity contribution in [3.05, 3.63) is 34.9 Å². The molecule has 2 nitrogen and oxygen atoms in total. The summed E-state index contributed by atoms with van der Waals surface area (Å²) < 4.78 is 0. The van der Waals surface area contributed by atoms with Gasteiger partial charge in [-0.15, -0.1) is 0 Å². The summed E-state index contributed by atoms with van der Waals surface area (Å²) in [6.45, 7) is 0.768. The Kier molecular flexibility index (Phi) is 4.45. The number of hydrogen-bond acceptors (Lipinski definition) is 1. The quantitative estimate of drug-likeness (QED) is 0.813. The standard InChI is InChI=1S/C17H22BrNO/c18-16(8-5-12-3-1-2-4-12)14-7-6-13-9-10-19-17(20)15(13)11-14/h6-7,11-12,16H,1-5,8-10H2,(H,19,20). The van der Waals surface area contributed by atoms with Gasteiger partial charge in [0.05, 0.1) is 0 Å². The van der Waals surface area contributed by atoms with Gasteiger partial charge in [0, 0.05) is 16.9 Å². The third-order valence-corrected chi connectivity index (χ3v) is 5.71. The highest BCUT2D eigenvalue weighted by Gasteiger charge is 2.20. The lowest BCUT2D eigenvalue weighted by molar-refractivity contribution is 0.0946. The maximum atomic E-state index is 11.9. The lowest BCUT2D eigenvalue weighted by Gasteiger charge is -2.19. The summed E-state index contributed by atoms with van der Waals surface area (Å²) in [5.41, 5.74) is 3.31. The summed E-state index contributed by atoms with van der Waals surface area (Å²) in [4.78, 5) is 12.3. The number of amides is 1. The van der Waals surface area contributed by atoms with E-state index >= 15 is 0 Å². The van der Waals surface area contributed by atoms with Crippen LogP contribution < -0.4 is 5.32 Å². The molecule has 0 bridgehead atoms. The van der Waals surface area contributed by atoms with Crippen LogP contribution in [0.2, 0.25) is 0 Å². The van der Waals surface area contributed by atoms with Crippen LogP contribution in [0.1, 0.15) is 64.8 Å². The molecule has 1 saturated carbocycles. The molecular weight excluding hydrogens is 314 g/mol. The molecule has 1 atom stereocenters. The smallest absolute Gasteiger partial charge is 0.251 e. The number of halogens is 1. The Bertz CT molecular complexity index is 494. The number of nitrogens with one attached hydrogen (secondary N) is 1. The van der Waals surface area contributed by atoms with Crippen LogP contribution in [0.25, 0.3) is 0 Å². The van der Waals surface area contributed by atoms with E-state index in [0.717, 1.165) is 24.4 Å². The lowest BCUT2D eigenvalue weighted by Crippen LogP contribution is -2.31. The van der Waals surface area contributed by atoms with Crippen LogP contribution in [-0.2, 0) is 6.42 Å². The molecule has 20 heavy (non-hydrogen) atoms. The average molecular weight is 336 g/mol. The van der Waals surface area contributed by atoms with E-state index in [9.17, 15) is 4.79 Å². The van der Waals surface area contributed by atoms with Gasteiger partial charge in [0.15, 0.2) is 0 Å². The van der Waals surface area contributed by atoms with Crippen LogP contribution in [0.3, 0.4) is 0 Å². The molecule has 1 aromatic rings. The number of hydrogen-bond donors (Lipinski definition) is 1. The van der Waals surface area contributed by atoms with Crippen molar-refractivity contribution in [2.24, 2.45) is 5.92 Å². The number of fused-ring (bicyclic) bond motifs is 1. The van der Waals surface area contributed by atoms with Gasteiger partial charge in [-0.05, 0) is 42.4 Å². The van der Waals surface area contributed by atoms with Gasteiger partial charge >= 0.3 is 0 Å². The van der Waals surface area contributed by atoms with E-state index in [1.54, 1.807) is 0 Å². The number of rotatable bonds is 4. The molecular formula is C17H22BrNO. The first-order chi connectivity index (χ1) is 9.74. The summed E-state index contributed by atoms with van der Waals surface area (Å²) in [6.07, 6.45) is 9.08. The van der Waals surface area contributed by atoms with E-state index in [-0.39, 0.29) is 5.91 Å². The first kappa shape index (κ1) is 14.1. The van der Waals surface area contributed by atoms with Gasteiger partial charge in [-0.1, -0.05) is 53.7 Å². The molecule has 0 radical (unpaired) electrons. The second-order valence-electron chi connectivity index (χ2n) is 6.12. The van der Waals surface area contributed by atoms with E-state index in [4.69, 9.17) is 0 Å². The first-order valence-electron chi connectivity index (χ1n) is 7.79. The minimum atomic E-state index is 0.0867. The molecule has 1 aliphatic heterocycles. The Morgan fingerprint density at radius 2 is 2.10 bits per heavy atom. The molecule has 1 unspecified atom stereocenters. The first-order valence-corrected chi connectivity index (χ1v) is 8.70. The van der Waals surface area contributed by atoms with E-state index in [2.05, 4.69) is 39.4 Å². The lowest BCUT2D eigenvalue weighted by atomic mass is 9.94. The number of alkyl halides is 1. The maximum Gasteiger partial charge on any atom is 0.251 e. The normalized spacial score (nSPS) is 20.6. The van der Waals surface area contributed by atoms with E-state index < -0.39 is 0 Å². The van der Waals surface area contributed by atoms with E-state index in [1.165, 1.54) is 49.7 Å². The minimum absolute atomic E-state index is 0.0867. The fraction of sp³-hybridized carbons (Fsp3) is 0.588. The molecule has 1 N–H and O–H groups in total. The third-order valence-electron chi connectivity index (χ3n) is 4.72. The summed E-state index contributed by atoms with van der Waals surface area (Å²) in [7, 11) is 0. The Morgan fingerprint density at radius 3 is 2.90 bits per heavy atom. The summed E-state index contributed by atoms with van der Waals surface area (Å²) in [5.74, 6) is 1.01. The molecule has 0 aromatic heterocycles. The van der Waals surface area contributed by atoms with Crippen LogP contribution in [0.15, 0.2) is 18.2 Å². The predicted octanol–water partition coefficient (Wildman–Crippen LogP) is 4.38. The van der Waals surface area contributed by atoms with Gasteiger partial charge in [0.1, 0.15) is 0 Å².